The molecular formula is C20H21IN2O2. The third kappa shape index (κ3) is 4.39. The summed E-state index contributed by atoms with van der Waals surface area (Å²) in [5.41, 5.74) is 2.68. The molecule has 2 amide bonds. The van der Waals surface area contributed by atoms with Gasteiger partial charge in [0.15, 0.2) is 0 Å². The zero-order chi connectivity index (χ0) is 17.8. The fraction of sp³-hybridized carbons (Fsp3) is 0.300. The van der Waals surface area contributed by atoms with E-state index in [0.29, 0.717) is 18.7 Å². The molecule has 130 valence electrons. The van der Waals surface area contributed by atoms with E-state index in [1.54, 1.807) is 4.90 Å². The van der Waals surface area contributed by atoms with Crippen molar-refractivity contribution in [3.63, 3.8) is 0 Å². The number of halogens is 1. The van der Waals surface area contributed by atoms with Crippen LogP contribution < -0.4 is 5.32 Å². The van der Waals surface area contributed by atoms with Crippen LogP contribution in [0.4, 0.5) is 5.69 Å². The number of nitrogens with zero attached hydrogens (tertiary/aromatic N) is 1. The summed E-state index contributed by atoms with van der Waals surface area (Å²) < 4.78 is 1.12. The van der Waals surface area contributed by atoms with E-state index in [4.69, 9.17) is 0 Å². The van der Waals surface area contributed by atoms with Gasteiger partial charge in [-0.3, -0.25) is 9.59 Å². The van der Waals surface area contributed by atoms with E-state index in [9.17, 15) is 9.59 Å². The van der Waals surface area contributed by atoms with Crippen molar-refractivity contribution in [2.75, 3.05) is 18.4 Å². The van der Waals surface area contributed by atoms with Crippen molar-refractivity contribution in [2.24, 2.45) is 5.92 Å². The first-order valence-electron chi connectivity index (χ1n) is 8.46. The maximum atomic E-state index is 12.6. The number of benzene rings is 2. The molecule has 2 aromatic rings. The maximum absolute atomic E-state index is 12.6. The van der Waals surface area contributed by atoms with Gasteiger partial charge in [-0.15, -0.1) is 0 Å². The summed E-state index contributed by atoms with van der Waals surface area (Å²) >= 11 is 2.27. The molecule has 1 aliphatic rings. The predicted octanol–water partition coefficient (Wildman–Crippen LogP) is 4.09. The molecule has 1 atom stereocenters. The number of rotatable bonds is 3. The Morgan fingerprint density at radius 3 is 2.64 bits per heavy atom. The summed E-state index contributed by atoms with van der Waals surface area (Å²) in [6.45, 7) is 3.23. The van der Waals surface area contributed by atoms with Gasteiger partial charge in [-0.25, -0.2) is 0 Å². The number of likely N-dealkylation sites (tertiary alicyclic amines) is 1. The van der Waals surface area contributed by atoms with Crippen LogP contribution in [0, 0.1) is 16.4 Å². The van der Waals surface area contributed by atoms with Crippen LogP contribution in [0.15, 0.2) is 48.5 Å². The number of hydrogen-bond acceptors (Lipinski definition) is 2. The van der Waals surface area contributed by atoms with Gasteiger partial charge in [0.05, 0.1) is 5.92 Å². The van der Waals surface area contributed by atoms with E-state index in [1.165, 1.54) is 5.56 Å². The molecule has 0 aliphatic carbocycles. The van der Waals surface area contributed by atoms with Crippen molar-refractivity contribution >= 4 is 40.1 Å². The topological polar surface area (TPSA) is 49.4 Å². The number of aryl methyl sites for hydroxylation is 1. The third-order valence-electron chi connectivity index (χ3n) is 4.54. The highest BCUT2D eigenvalue weighted by Crippen LogP contribution is 2.22. The Morgan fingerprint density at radius 2 is 1.92 bits per heavy atom. The molecule has 1 fully saturated rings. The number of anilines is 1. The first-order valence-corrected chi connectivity index (χ1v) is 9.54. The molecule has 0 spiro atoms. The van der Waals surface area contributed by atoms with E-state index in [1.807, 2.05) is 55.5 Å². The Morgan fingerprint density at radius 1 is 1.16 bits per heavy atom. The SMILES string of the molecule is Cc1ccc(NC(=O)C2CCCN(C(=O)c3ccccc3)C2)cc1I. The van der Waals surface area contributed by atoms with Crippen LogP contribution in [0.1, 0.15) is 28.8 Å². The Labute approximate surface area is 161 Å². The Balaban J connectivity index is 1.65. The van der Waals surface area contributed by atoms with Gasteiger partial charge in [-0.05, 0) is 72.2 Å². The summed E-state index contributed by atoms with van der Waals surface area (Å²) in [6.07, 6.45) is 1.66. The second-order valence-electron chi connectivity index (χ2n) is 6.41. The van der Waals surface area contributed by atoms with Crippen LogP contribution >= 0.6 is 22.6 Å². The van der Waals surface area contributed by atoms with Crippen LogP contribution in [0.3, 0.4) is 0 Å². The summed E-state index contributed by atoms with van der Waals surface area (Å²) in [5.74, 6) is -0.173. The van der Waals surface area contributed by atoms with Crippen LogP contribution in [0.25, 0.3) is 0 Å². The van der Waals surface area contributed by atoms with Gasteiger partial charge in [0.2, 0.25) is 5.91 Å². The second kappa shape index (κ2) is 7.99. The largest absolute Gasteiger partial charge is 0.338 e. The average molecular weight is 448 g/mol. The van der Waals surface area contributed by atoms with Crippen molar-refractivity contribution in [1.82, 2.24) is 4.90 Å². The molecule has 4 nitrogen and oxygen atoms in total. The zero-order valence-electron chi connectivity index (χ0n) is 14.2. The molecule has 2 aromatic carbocycles. The lowest BCUT2D eigenvalue weighted by Gasteiger charge is -2.32. The number of carbonyl (C=O) groups is 2. The van der Waals surface area contributed by atoms with Gasteiger partial charge >= 0.3 is 0 Å². The van der Waals surface area contributed by atoms with Crippen LogP contribution in [0.5, 0.6) is 0 Å². The summed E-state index contributed by atoms with van der Waals surface area (Å²) in [6, 6.07) is 15.2. The molecule has 0 bridgehead atoms. The van der Waals surface area contributed by atoms with Crippen molar-refractivity contribution in [3.8, 4) is 0 Å². The smallest absolute Gasteiger partial charge is 0.253 e. The van der Waals surface area contributed by atoms with Crippen LogP contribution in [-0.2, 0) is 4.79 Å². The lowest BCUT2D eigenvalue weighted by molar-refractivity contribution is -0.121. The van der Waals surface area contributed by atoms with E-state index in [0.717, 1.165) is 22.1 Å². The number of piperidine rings is 1. The fourth-order valence-electron chi connectivity index (χ4n) is 3.05. The third-order valence-corrected chi connectivity index (χ3v) is 5.70. The molecular weight excluding hydrogens is 427 g/mol. The standard InChI is InChI=1S/C20H21IN2O2/c1-14-9-10-17(12-18(14)21)22-19(24)16-8-5-11-23(13-16)20(25)15-6-3-2-4-7-15/h2-4,6-7,9-10,12,16H,5,8,11,13H2,1H3,(H,22,24). The summed E-state index contributed by atoms with van der Waals surface area (Å²) in [4.78, 5) is 27.0. The predicted molar refractivity (Wildman–Crippen MR) is 108 cm³/mol. The number of amides is 2. The van der Waals surface area contributed by atoms with Crippen LogP contribution in [0.2, 0.25) is 0 Å². The van der Waals surface area contributed by atoms with Gasteiger partial charge in [0.25, 0.3) is 5.91 Å². The molecule has 3 rings (SSSR count). The molecule has 0 radical (unpaired) electrons. The minimum atomic E-state index is -0.166. The van der Waals surface area contributed by atoms with Gasteiger partial charge < -0.3 is 10.2 Å². The van der Waals surface area contributed by atoms with Crippen molar-refractivity contribution < 1.29 is 9.59 Å². The van der Waals surface area contributed by atoms with E-state index < -0.39 is 0 Å². The normalized spacial score (nSPS) is 17.2. The summed E-state index contributed by atoms with van der Waals surface area (Å²) in [7, 11) is 0. The molecule has 1 N–H and O–H groups in total. The number of nitrogens with one attached hydrogen (secondary N) is 1. The number of hydrogen-bond donors (Lipinski definition) is 1. The minimum absolute atomic E-state index is 0.00276. The minimum Gasteiger partial charge on any atom is -0.338 e. The molecule has 25 heavy (non-hydrogen) atoms. The molecule has 1 heterocycles. The summed E-state index contributed by atoms with van der Waals surface area (Å²) in [5, 5.41) is 3.00. The highest BCUT2D eigenvalue weighted by Gasteiger charge is 2.29. The second-order valence-corrected chi connectivity index (χ2v) is 7.57. The van der Waals surface area contributed by atoms with E-state index >= 15 is 0 Å². The highest BCUT2D eigenvalue weighted by molar-refractivity contribution is 14.1. The number of carbonyl (C=O) groups excluding carboxylic acids is 2. The zero-order valence-corrected chi connectivity index (χ0v) is 16.3. The molecule has 1 unspecified atom stereocenters. The van der Waals surface area contributed by atoms with Crippen molar-refractivity contribution in [1.29, 1.82) is 0 Å². The first kappa shape index (κ1) is 17.9. The molecule has 1 saturated heterocycles. The van der Waals surface area contributed by atoms with Crippen LogP contribution in [-0.4, -0.2) is 29.8 Å². The average Bonchev–Trinajstić information content (AvgIpc) is 2.65. The monoisotopic (exact) mass is 448 g/mol. The van der Waals surface area contributed by atoms with Gasteiger partial charge in [-0.1, -0.05) is 24.3 Å². The van der Waals surface area contributed by atoms with Crippen molar-refractivity contribution in [3.05, 3.63) is 63.2 Å². The van der Waals surface area contributed by atoms with Crippen molar-refractivity contribution in [2.45, 2.75) is 19.8 Å². The lowest BCUT2D eigenvalue weighted by Crippen LogP contribution is -2.43. The highest BCUT2D eigenvalue weighted by atomic mass is 127. The molecule has 0 saturated carbocycles. The molecule has 0 aromatic heterocycles. The molecule has 1 aliphatic heterocycles. The fourth-order valence-corrected chi connectivity index (χ4v) is 3.57. The maximum Gasteiger partial charge on any atom is 0.253 e. The van der Waals surface area contributed by atoms with Gasteiger partial charge in [-0.2, -0.15) is 0 Å². The van der Waals surface area contributed by atoms with Gasteiger partial charge in [0.1, 0.15) is 0 Å². The molecule has 5 heteroatoms. The van der Waals surface area contributed by atoms with E-state index in [2.05, 4.69) is 27.9 Å². The Kier molecular flexibility index (Phi) is 5.73. The van der Waals surface area contributed by atoms with E-state index in [-0.39, 0.29) is 17.7 Å². The quantitative estimate of drug-likeness (QED) is 0.720. The Hall–Kier alpha value is -1.89. The lowest BCUT2D eigenvalue weighted by atomic mass is 9.96. The first-order chi connectivity index (χ1) is 12.0. The van der Waals surface area contributed by atoms with Gasteiger partial charge in [0, 0.05) is 27.9 Å². The Bertz CT molecular complexity index is 777.